The number of hydrogen-bond donors (Lipinski definition) is 1. The van der Waals surface area contributed by atoms with Crippen LogP contribution in [-0.2, 0) is 9.53 Å². The summed E-state index contributed by atoms with van der Waals surface area (Å²) in [5, 5.41) is 9.43. The highest BCUT2D eigenvalue weighted by atomic mass is 16.6. The van der Waals surface area contributed by atoms with Crippen molar-refractivity contribution in [2.75, 3.05) is 6.61 Å². The van der Waals surface area contributed by atoms with Crippen molar-refractivity contribution < 1.29 is 19.4 Å². The lowest BCUT2D eigenvalue weighted by Crippen LogP contribution is -2.26. The summed E-state index contributed by atoms with van der Waals surface area (Å²) in [5.41, 5.74) is 0.749. The largest absolute Gasteiger partial charge is 0.479 e. The fourth-order valence-corrected chi connectivity index (χ4v) is 1.36. The van der Waals surface area contributed by atoms with Crippen LogP contribution in [0.15, 0.2) is 24.3 Å². The van der Waals surface area contributed by atoms with Gasteiger partial charge in [-0.3, -0.25) is 0 Å². The molecule has 0 amide bonds. The predicted octanol–water partition coefficient (Wildman–Crippen LogP) is 2.07. The van der Waals surface area contributed by atoms with Crippen LogP contribution in [0.4, 0.5) is 0 Å². The molecule has 4 heteroatoms. The van der Waals surface area contributed by atoms with E-state index in [9.17, 15) is 9.90 Å². The maximum absolute atomic E-state index is 11.4. The summed E-state index contributed by atoms with van der Waals surface area (Å²) in [5.74, 6) is 0.152. The van der Waals surface area contributed by atoms with E-state index < -0.39 is 18.2 Å². The van der Waals surface area contributed by atoms with Gasteiger partial charge in [0.2, 0.25) is 0 Å². The van der Waals surface area contributed by atoms with Gasteiger partial charge in [-0.15, -0.1) is 0 Å². The topological polar surface area (TPSA) is 55.8 Å². The van der Waals surface area contributed by atoms with Crippen LogP contribution in [0.1, 0.15) is 32.4 Å². The van der Waals surface area contributed by atoms with Gasteiger partial charge in [0.15, 0.2) is 6.10 Å². The molecule has 1 aromatic carbocycles. The van der Waals surface area contributed by atoms with E-state index in [0.717, 1.165) is 5.56 Å². The zero-order chi connectivity index (χ0) is 12.8. The number of aliphatic hydroxyl groups excluding tert-OH is 1. The van der Waals surface area contributed by atoms with E-state index in [-0.39, 0.29) is 0 Å². The molecule has 0 radical (unpaired) electrons. The molecule has 0 bridgehead atoms. The first-order valence-corrected chi connectivity index (χ1v) is 5.66. The molecular formula is C13H18O4. The van der Waals surface area contributed by atoms with Crippen molar-refractivity contribution in [1.82, 2.24) is 0 Å². The van der Waals surface area contributed by atoms with Crippen LogP contribution in [0, 0.1) is 0 Å². The molecule has 2 atom stereocenters. The van der Waals surface area contributed by atoms with E-state index in [4.69, 9.17) is 9.47 Å². The Kier molecular flexibility index (Phi) is 4.97. The average molecular weight is 238 g/mol. The third kappa shape index (κ3) is 4.07. The summed E-state index contributed by atoms with van der Waals surface area (Å²) >= 11 is 0. The van der Waals surface area contributed by atoms with E-state index in [1.165, 1.54) is 0 Å². The van der Waals surface area contributed by atoms with Crippen LogP contribution < -0.4 is 4.74 Å². The number of rotatable bonds is 5. The number of carbonyl (C=O) groups excluding carboxylic acids is 1. The van der Waals surface area contributed by atoms with Crippen molar-refractivity contribution in [3.8, 4) is 5.75 Å². The maximum atomic E-state index is 11.4. The van der Waals surface area contributed by atoms with Gasteiger partial charge in [-0.2, -0.15) is 0 Å². The van der Waals surface area contributed by atoms with E-state index in [1.807, 2.05) is 0 Å². The summed E-state index contributed by atoms with van der Waals surface area (Å²) < 4.78 is 10.3. The molecule has 0 saturated heterocycles. The molecule has 1 N–H and O–H groups in total. The van der Waals surface area contributed by atoms with Gasteiger partial charge in [-0.05, 0) is 38.5 Å². The molecule has 0 aliphatic carbocycles. The summed E-state index contributed by atoms with van der Waals surface area (Å²) in [4.78, 5) is 11.4. The second kappa shape index (κ2) is 6.25. The number of aliphatic hydroxyl groups is 1. The molecule has 4 nitrogen and oxygen atoms in total. The Morgan fingerprint density at radius 2 is 2.12 bits per heavy atom. The van der Waals surface area contributed by atoms with E-state index in [1.54, 1.807) is 45.0 Å². The van der Waals surface area contributed by atoms with Gasteiger partial charge in [0.05, 0.1) is 12.7 Å². The fourth-order valence-electron chi connectivity index (χ4n) is 1.36. The molecule has 0 aliphatic rings. The van der Waals surface area contributed by atoms with Crippen molar-refractivity contribution in [3.05, 3.63) is 29.8 Å². The summed E-state index contributed by atoms with van der Waals surface area (Å²) in [6, 6.07) is 7.02. The number of ether oxygens (including phenoxy) is 2. The highest BCUT2D eigenvalue weighted by Crippen LogP contribution is 2.19. The lowest BCUT2D eigenvalue weighted by molar-refractivity contribution is -0.150. The highest BCUT2D eigenvalue weighted by molar-refractivity contribution is 5.74. The van der Waals surface area contributed by atoms with Gasteiger partial charge in [-0.25, -0.2) is 4.79 Å². The monoisotopic (exact) mass is 238 g/mol. The molecule has 0 saturated carbocycles. The van der Waals surface area contributed by atoms with Crippen LogP contribution in [0.5, 0.6) is 5.75 Å². The van der Waals surface area contributed by atoms with Crippen LogP contribution >= 0.6 is 0 Å². The fraction of sp³-hybridized carbons (Fsp3) is 0.462. The molecule has 1 unspecified atom stereocenters. The van der Waals surface area contributed by atoms with Gasteiger partial charge in [0.25, 0.3) is 0 Å². The van der Waals surface area contributed by atoms with Crippen molar-refractivity contribution in [3.63, 3.8) is 0 Å². The SMILES string of the molecule is CCOC(=O)C(C)Oc1cccc([C@@H](C)O)c1. The van der Waals surface area contributed by atoms with Crippen molar-refractivity contribution in [1.29, 1.82) is 0 Å². The zero-order valence-corrected chi connectivity index (χ0v) is 10.3. The molecule has 0 spiro atoms. The van der Waals surface area contributed by atoms with Crippen molar-refractivity contribution in [2.45, 2.75) is 33.0 Å². The van der Waals surface area contributed by atoms with Crippen LogP contribution in [0.2, 0.25) is 0 Å². The molecule has 0 aromatic heterocycles. The standard InChI is InChI=1S/C13H18O4/c1-4-16-13(15)10(3)17-12-7-5-6-11(8-12)9(2)14/h5-10,14H,4H2,1-3H3/t9-,10?/m1/s1. The first-order valence-electron chi connectivity index (χ1n) is 5.66. The second-order valence-electron chi connectivity index (χ2n) is 3.76. The minimum atomic E-state index is -0.654. The third-order valence-electron chi connectivity index (χ3n) is 2.27. The van der Waals surface area contributed by atoms with E-state index >= 15 is 0 Å². The van der Waals surface area contributed by atoms with Gasteiger partial charge >= 0.3 is 5.97 Å². The van der Waals surface area contributed by atoms with Crippen LogP contribution in [0.25, 0.3) is 0 Å². The normalized spacial score (nSPS) is 13.9. The second-order valence-corrected chi connectivity index (χ2v) is 3.76. The van der Waals surface area contributed by atoms with Gasteiger partial charge < -0.3 is 14.6 Å². The van der Waals surface area contributed by atoms with Gasteiger partial charge in [0.1, 0.15) is 5.75 Å². The molecule has 94 valence electrons. The lowest BCUT2D eigenvalue weighted by atomic mass is 10.1. The Morgan fingerprint density at radius 3 is 2.71 bits per heavy atom. The van der Waals surface area contributed by atoms with E-state index in [2.05, 4.69) is 0 Å². The first-order chi connectivity index (χ1) is 8.04. The van der Waals surface area contributed by atoms with Crippen LogP contribution in [-0.4, -0.2) is 23.8 Å². The number of esters is 1. The van der Waals surface area contributed by atoms with Gasteiger partial charge in [0, 0.05) is 0 Å². The summed E-state index contributed by atoms with van der Waals surface area (Å²) in [6.45, 7) is 5.39. The third-order valence-corrected chi connectivity index (χ3v) is 2.27. The molecule has 0 heterocycles. The molecule has 1 rings (SSSR count). The molecule has 0 aliphatic heterocycles. The maximum Gasteiger partial charge on any atom is 0.347 e. The predicted molar refractivity (Wildman–Crippen MR) is 63.8 cm³/mol. The Bertz CT molecular complexity index is 373. The Balaban J connectivity index is 2.68. The number of benzene rings is 1. The Labute approximate surface area is 101 Å². The molecule has 17 heavy (non-hydrogen) atoms. The molecular weight excluding hydrogens is 220 g/mol. The minimum Gasteiger partial charge on any atom is -0.479 e. The van der Waals surface area contributed by atoms with Crippen molar-refractivity contribution in [2.24, 2.45) is 0 Å². The lowest BCUT2D eigenvalue weighted by Gasteiger charge is -2.14. The average Bonchev–Trinajstić information content (AvgIpc) is 2.29. The molecule has 0 fully saturated rings. The summed E-state index contributed by atoms with van der Waals surface area (Å²) in [7, 11) is 0. The number of carbonyl (C=O) groups is 1. The Morgan fingerprint density at radius 1 is 1.41 bits per heavy atom. The quantitative estimate of drug-likeness (QED) is 0.798. The smallest absolute Gasteiger partial charge is 0.347 e. The Hall–Kier alpha value is -1.55. The van der Waals surface area contributed by atoms with Crippen molar-refractivity contribution >= 4 is 5.97 Å². The van der Waals surface area contributed by atoms with E-state index in [0.29, 0.717) is 12.4 Å². The highest BCUT2D eigenvalue weighted by Gasteiger charge is 2.15. The molecule has 1 aromatic rings. The first kappa shape index (κ1) is 13.5. The van der Waals surface area contributed by atoms with Gasteiger partial charge in [-0.1, -0.05) is 12.1 Å². The zero-order valence-electron chi connectivity index (χ0n) is 10.3. The number of hydrogen-bond acceptors (Lipinski definition) is 4. The summed E-state index contributed by atoms with van der Waals surface area (Å²) in [6.07, 6.45) is -1.21. The minimum absolute atomic E-state index is 0.334. The van der Waals surface area contributed by atoms with Crippen LogP contribution in [0.3, 0.4) is 0 Å².